The summed E-state index contributed by atoms with van der Waals surface area (Å²) in [6.45, 7) is 2.09. The van der Waals surface area contributed by atoms with E-state index >= 15 is 0 Å². The van der Waals surface area contributed by atoms with Crippen molar-refractivity contribution in [3.63, 3.8) is 0 Å². The summed E-state index contributed by atoms with van der Waals surface area (Å²) >= 11 is 0. The lowest BCUT2D eigenvalue weighted by Gasteiger charge is -2.39. The van der Waals surface area contributed by atoms with Crippen LogP contribution < -0.4 is 9.64 Å². The highest BCUT2D eigenvalue weighted by molar-refractivity contribution is 5.33. The first-order valence-corrected chi connectivity index (χ1v) is 8.00. The van der Waals surface area contributed by atoms with Crippen molar-refractivity contribution >= 4 is 5.95 Å². The SMILES string of the molecule is COc1cccc(Cn2nnnc2N2CCC(CO)(OC)CC2)c1. The van der Waals surface area contributed by atoms with Gasteiger partial charge in [-0.1, -0.05) is 17.2 Å². The highest BCUT2D eigenvalue weighted by Gasteiger charge is 2.35. The third-order valence-corrected chi connectivity index (χ3v) is 4.66. The van der Waals surface area contributed by atoms with Gasteiger partial charge in [0.1, 0.15) is 5.75 Å². The van der Waals surface area contributed by atoms with E-state index in [-0.39, 0.29) is 6.61 Å². The van der Waals surface area contributed by atoms with E-state index in [9.17, 15) is 5.11 Å². The van der Waals surface area contributed by atoms with Gasteiger partial charge in [-0.2, -0.15) is 0 Å². The summed E-state index contributed by atoms with van der Waals surface area (Å²) in [5, 5.41) is 21.7. The fraction of sp³-hybridized carbons (Fsp3) is 0.562. The number of tetrazole rings is 1. The highest BCUT2D eigenvalue weighted by Crippen LogP contribution is 2.27. The first-order chi connectivity index (χ1) is 11.7. The predicted molar refractivity (Wildman–Crippen MR) is 88.2 cm³/mol. The van der Waals surface area contributed by atoms with Gasteiger partial charge >= 0.3 is 0 Å². The lowest BCUT2D eigenvalue weighted by atomic mass is 9.92. The second-order valence-electron chi connectivity index (χ2n) is 6.02. The van der Waals surface area contributed by atoms with Gasteiger partial charge < -0.3 is 19.5 Å². The Morgan fingerprint density at radius 2 is 2.04 bits per heavy atom. The smallest absolute Gasteiger partial charge is 0.245 e. The van der Waals surface area contributed by atoms with Crippen molar-refractivity contribution in [2.75, 3.05) is 38.8 Å². The Morgan fingerprint density at radius 3 is 2.71 bits per heavy atom. The molecule has 1 aliphatic rings. The summed E-state index contributed by atoms with van der Waals surface area (Å²) in [6.07, 6.45) is 1.48. The monoisotopic (exact) mass is 333 g/mol. The van der Waals surface area contributed by atoms with Gasteiger partial charge in [0.2, 0.25) is 5.95 Å². The van der Waals surface area contributed by atoms with Crippen molar-refractivity contribution in [3.05, 3.63) is 29.8 Å². The third-order valence-electron chi connectivity index (χ3n) is 4.66. The number of aromatic nitrogens is 4. The molecule has 3 rings (SSSR count). The fourth-order valence-corrected chi connectivity index (χ4v) is 3.01. The van der Waals surface area contributed by atoms with Gasteiger partial charge in [-0.3, -0.25) is 0 Å². The number of rotatable bonds is 6. The van der Waals surface area contributed by atoms with Crippen LogP contribution in [0, 0.1) is 0 Å². The molecule has 24 heavy (non-hydrogen) atoms. The standard InChI is InChI=1S/C16H23N5O3/c1-23-14-5-3-4-13(10-14)11-21-15(17-18-19-21)20-8-6-16(12-22,24-2)7-9-20/h3-5,10,22H,6-9,11-12H2,1-2H3. The van der Waals surface area contributed by atoms with Crippen LogP contribution in [0.2, 0.25) is 0 Å². The van der Waals surface area contributed by atoms with Gasteiger partial charge in [-0.05, 0) is 41.0 Å². The van der Waals surface area contributed by atoms with Gasteiger partial charge in [-0.25, -0.2) is 4.68 Å². The molecular formula is C16H23N5O3. The van der Waals surface area contributed by atoms with E-state index in [1.807, 2.05) is 24.3 Å². The van der Waals surface area contributed by atoms with E-state index in [4.69, 9.17) is 9.47 Å². The number of piperidine rings is 1. The van der Waals surface area contributed by atoms with E-state index in [2.05, 4.69) is 20.4 Å². The number of benzene rings is 1. The van der Waals surface area contributed by atoms with Crippen LogP contribution in [-0.4, -0.2) is 64.8 Å². The van der Waals surface area contributed by atoms with Crippen molar-refractivity contribution in [2.45, 2.75) is 25.0 Å². The number of methoxy groups -OCH3 is 2. The summed E-state index contributed by atoms with van der Waals surface area (Å²) in [7, 11) is 3.30. The van der Waals surface area contributed by atoms with Crippen LogP contribution in [0.4, 0.5) is 5.95 Å². The van der Waals surface area contributed by atoms with Gasteiger partial charge in [0, 0.05) is 20.2 Å². The van der Waals surface area contributed by atoms with E-state index in [0.717, 1.165) is 43.2 Å². The van der Waals surface area contributed by atoms with Crippen molar-refractivity contribution in [3.8, 4) is 5.75 Å². The van der Waals surface area contributed by atoms with Crippen LogP contribution in [0.5, 0.6) is 5.75 Å². The van der Waals surface area contributed by atoms with Crippen molar-refractivity contribution in [2.24, 2.45) is 0 Å². The number of aliphatic hydroxyl groups excluding tert-OH is 1. The summed E-state index contributed by atoms with van der Waals surface area (Å²) in [5.74, 6) is 1.55. The van der Waals surface area contributed by atoms with Crippen LogP contribution in [0.1, 0.15) is 18.4 Å². The summed E-state index contributed by atoms with van der Waals surface area (Å²) in [6, 6.07) is 7.86. The molecule has 1 fully saturated rings. The van der Waals surface area contributed by atoms with Gasteiger partial charge in [0.15, 0.2) is 0 Å². The van der Waals surface area contributed by atoms with Crippen LogP contribution in [0.3, 0.4) is 0 Å². The quantitative estimate of drug-likeness (QED) is 0.833. The minimum absolute atomic E-state index is 0.0338. The molecule has 1 N–H and O–H groups in total. The maximum atomic E-state index is 9.56. The molecule has 0 bridgehead atoms. The molecule has 8 heteroatoms. The molecule has 2 heterocycles. The Bertz CT molecular complexity index is 661. The zero-order chi connectivity index (χ0) is 17.0. The van der Waals surface area contributed by atoms with Crippen LogP contribution in [-0.2, 0) is 11.3 Å². The normalized spacial score (nSPS) is 17.0. The van der Waals surface area contributed by atoms with Gasteiger partial charge in [0.05, 0.1) is 25.9 Å². The van der Waals surface area contributed by atoms with Gasteiger partial charge in [-0.15, -0.1) is 0 Å². The topological polar surface area (TPSA) is 85.5 Å². The number of anilines is 1. The van der Waals surface area contributed by atoms with E-state index < -0.39 is 5.60 Å². The molecule has 1 aliphatic heterocycles. The fourth-order valence-electron chi connectivity index (χ4n) is 3.01. The lowest BCUT2D eigenvalue weighted by Crippen LogP contribution is -2.48. The number of aliphatic hydroxyl groups is 1. The van der Waals surface area contributed by atoms with Crippen molar-refractivity contribution < 1.29 is 14.6 Å². The molecule has 0 spiro atoms. The largest absolute Gasteiger partial charge is 0.497 e. The summed E-state index contributed by atoms with van der Waals surface area (Å²) in [5.41, 5.74) is 0.628. The average molecular weight is 333 g/mol. The average Bonchev–Trinajstić information content (AvgIpc) is 3.10. The molecule has 0 saturated carbocycles. The maximum absolute atomic E-state index is 9.56. The van der Waals surface area contributed by atoms with Crippen LogP contribution in [0.15, 0.2) is 24.3 Å². The molecule has 8 nitrogen and oxygen atoms in total. The Morgan fingerprint density at radius 1 is 1.25 bits per heavy atom. The molecule has 2 aromatic rings. The minimum atomic E-state index is -0.443. The second kappa shape index (κ2) is 7.14. The minimum Gasteiger partial charge on any atom is -0.497 e. The molecular weight excluding hydrogens is 310 g/mol. The Labute approximate surface area is 141 Å². The number of hydrogen-bond donors (Lipinski definition) is 1. The Hall–Kier alpha value is -2.19. The molecule has 0 atom stereocenters. The summed E-state index contributed by atoms with van der Waals surface area (Å²) < 4.78 is 12.5. The third kappa shape index (κ3) is 3.34. The number of ether oxygens (including phenoxy) is 2. The molecule has 0 aliphatic carbocycles. The zero-order valence-corrected chi connectivity index (χ0v) is 14.1. The first kappa shape index (κ1) is 16.7. The van der Waals surface area contributed by atoms with Crippen LogP contribution in [0.25, 0.3) is 0 Å². The Balaban J connectivity index is 1.72. The lowest BCUT2D eigenvalue weighted by molar-refractivity contribution is -0.0674. The van der Waals surface area contributed by atoms with E-state index in [0.29, 0.717) is 6.54 Å². The van der Waals surface area contributed by atoms with Crippen LogP contribution >= 0.6 is 0 Å². The number of nitrogens with zero attached hydrogens (tertiary/aromatic N) is 5. The molecule has 1 aromatic carbocycles. The predicted octanol–water partition coefficient (Wildman–Crippen LogP) is 0.708. The van der Waals surface area contributed by atoms with Crippen molar-refractivity contribution in [1.82, 2.24) is 20.2 Å². The highest BCUT2D eigenvalue weighted by atomic mass is 16.5. The molecule has 0 unspecified atom stereocenters. The number of hydrogen-bond acceptors (Lipinski definition) is 7. The molecule has 130 valence electrons. The molecule has 1 aromatic heterocycles. The van der Waals surface area contributed by atoms with Crippen molar-refractivity contribution in [1.29, 1.82) is 0 Å². The van der Waals surface area contributed by atoms with Gasteiger partial charge in [0.25, 0.3) is 0 Å². The summed E-state index contributed by atoms with van der Waals surface area (Å²) in [4.78, 5) is 2.13. The molecule has 1 saturated heterocycles. The zero-order valence-electron chi connectivity index (χ0n) is 14.1. The maximum Gasteiger partial charge on any atom is 0.245 e. The second-order valence-corrected chi connectivity index (χ2v) is 6.02. The Kier molecular flexibility index (Phi) is 4.96. The first-order valence-electron chi connectivity index (χ1n) is 8.00. The van der Waals surface area contributed by atoms with E-state index in [1.165, 1.54) is 0 Å². The van der Waals surface area contributed by atoms with E-state index in [1.54, 1.807) is 18.9 Å². The molecule has 0 radical (unpaired) electrons. The molecule has 0 amide bonds.